The van der Waals surface area contributed by atoms with E-state index in [1.807, 2.05) is 0 Å². The van der Waals surface area contributed by atoms with Crippen molar-refractivity contribution < 1.29 is 9.31 Å². The number of hydrogen-bond acceptors (Lipinski definition) is 3. The average Bonchev–Trinajstić information content (AvgIpc) is 2.76. The van der Waals surface area contributed by atoms with Crippen LogP contribution < -0.4 is 5.19 Å². The van der Waals surface area contributed by atoms with Gasteiger partial charge in [0, 0.05) is 5.54 Å². The number of rotatable bonds is 3. The average molecular weight is 355 g/mol. The number of allylic oxidation sites excluding steroid dienone is 2. The highest BCUT2D eigenvalue weighted by Crippen LogP contribution is 2.40. The van der Waals surface area contributed by atoms with Crippen molar-refractivity contribution in [2.24, 2.45) is 0 Å². The molecule has 2 aliphatic heterocycles. The maximum Gasteiger partial charge on any atom is 0.598 e. The molecule has 0 bridgehead atoms. The van der Waals surface area contributed by atoms with Crippen LogP contribution in [0.15, 0.2) is 54.4 Å². The zero-order chi connectivity index (χ0) is 18.5. The van der Waals surface area contributed by atoms with E-state index in [1.54, 1.807) is 0 Å². The van der Waals surface area contributed by atoms with Crippen molar-refractivity contribution in [3.05, 3.63) is 54.4 Å². The Labute approximate surface area is 153 Å². The maximum absolute atomic E-state index is 6.18. The Bertz CT molecular complexity index is 681. The predicted octanol–water partition coefficient (Wildman–Crippen LogP) is 4.29. The molecular weight excluding hydrogens is 325 g/mol. The highest BCUT2D eigenvalue weighted by Gasteiger charge is 2.54. The minimum absolute atomic E-state index is 0.317. The van der Waals surface area contributed by atoms with Crippen molar-refractivity contribution in [1.29, 1.82) is 0 Å². The number of nitrogens with zero attached hydrogens (tertiary/aromatic N) is 1. The Morgan fingerprint density at radius 1 is 1.00 bits per heavy atom. The minimum atomic E-state index is -1.63. The standard InChI is InChI=1S/C20H30BNO2Si/c1-16-15-22(21-23-19(2,3)20(4,5)24-21)14-13-18(16)25(6,7)17-11-9-8-10-12-17/h8-15,18H,1-7H3. The molecule has 25 heavy (non-hydrogen) atoms. The number of hydrogen-bond donors (Lipinski definition) is 0. The molecule has 3 nitrogen and oxygen atoms in total. The van der Waals surface area contributed by atoms with Crippen molar-refractivity contribution in [2.45, 2.75) is 64.5 Å². The molecule has 134 valence electrons. The third-order valence-corrected chi connectivity index (χ3v) is 10.1. The fourth-order valence-corrected chi connectivity index (χ4v) is 6.81. The lowest BCUT2D eigenvalue weighted by atomic mass is 9.90. The highest BCUT2D eigenvalue weighted by molar-refractivity contribution is 6.91. The Kier molecular flexibility index (Phi) is 4.55. The van der Waals surface area contributed by atoms with Crippen LogP contribution in [0.1, 0.15) is 34.6 Å². The molecule has 1 unspecified atom stereocenters. The van der Waals surface area contributed by atoms with E-state index in [1.165, 1.54) is 10.8 Å². The first-order valence-corrected chi connectivity index (χ1v) is 12.2. The minimum Gasteiger partial charge on any atom is -0.384 e. The molecule has 1 aromatic rings. The third kappa shape index (κ3) is 3.25. The van der Waals surface area contributed by atoms with E-state index in [4.69, 9.17) is 9.31 Å². The van der Waals surface area contributed by atoms with Gasteiger partial charge in [-0.2, -0.15) is 0 Å². The molecule has 0 saturated carbocycles. The van der Waals surface area contributed by atoms with Gasteiger partial charge in [0.2, 0.25) is 0 Å². The zero-order valence-electron chi connectivity index (χ0n) is 16.5. The Balaban J connectivity index is 1.80. The van der Waals surface area contributed by atoms with Crippen molar-refractivity contribution >= 4 is 20.5 Å². The van der Waals surface area contributed by atoms with Crippen LogP contribution in [0.25, 0.3) is 0 Å². The molecule has 0 radical (unpaired) electrons. The summed E-state index contributed by atoms with van der Waals surface area (Å²) in [5.74, 6) is 0. The van der Waals surface area contributed by atoms with E-state index in [-0.39, 0.29) is 18.5 Å². The first-order chi connectivity index (χ1) is 11.5. The van der Waals surface area contributed by atoms with Gasteiger partial charge in [0.15, 0.2) is 0 Å². The molecule has 1 fully saturated rings. The molecule has 1 atom stereocenters. The SMILES string of the molecule is CC1=CN(B2OC(C)(C)C(C)(C)O2)C=CC1[Si](C)(C)c1ccccc1. The summed E-state index contributed by atoms with van der Waals surface area (Å²) in [5.41, 5.74) is 1.22. The molecule has 0 amide bonds. The lowest BCUT2D eigenvalue weighted by Gasteiger charge is -2.36. The van der Waals surface area contributed by atoms with Crippen LogP contribution in [0.5, 0.6) is 0 Å². The fourth-order valence-electron chi connectivity index (χ4n) is 3.62. The van der Waals surface area contributed by atoms with E-state index in [0.29, 0.717) is 5.54 Å². The van der Waals surface area contributed by atoms with Gasteiger partial charge in [-0.05, 0) is 47.0 Å². The molecule has 5 heteroatoms. The molecule has 1 saturated heterocycles. The molecule has 0 aromatic heterocycles. The van der Waals surface area contributed by atoms with Gasteiger partial charge >= 0.3 is 7.25 Å². The van der Waals surface area contributed by atoms with Crippen LogP contribution in [0, 0.1) is 0 Å². The van der Waals surface area contributed by atoms with Crippen LogP contribution in [-0.2, 0) is 9.31 Å². The van der Waals surface area contributed by atoms with Crippen molar-refractivity contribution in [1.82, 2.24) is 4.81 Å². The van der Waals surface area contributed by atoms with Crippen LogP contribution >= 0.6 is 0 Å². The second-order valence-electron chi connectivity index (χ2n) is 8.79. The molecule has 1 aromatic carbocycles. The Morgan fingerprint density at radius 2 is 1.56 bits per heavy atom. The molecule has 2 heterocycles. The maximum atomic E-state index is 6.18. The molecule has 3 rings (SSSR count). The topological polar surface area (TPSA) is 21.7 Å². The smallest absolute Gasteiger partial charge is 0.384 e. The quantitative estimate of drug-likeness (QED) is 0.755. The van der Waals surface area contributed by atoms with Gasteiger partial charge in [-0.3, -0.25) is 0 Å². The summed E-state index contributed by atoms with van der Waals surface area (Å²) < 4.78 is 12.4. The second-order valence-corrected chi connectivity index (χ2v) is 13.4. The summed E-state index contributed by atoms with van der Waals surface area (Å²) in [6.07, 6.45) is 6.67. The first kappa shape index (κ1) is 18.5. The van der Waals surface area contributed by atoms with Gasteiger partial charge in [-0.15, -0.1) is 0 Å². The van der Waals surface area contributed by atoms with Crippen LogP contribution in [0.4, 0.5) is 0 Å². The molecule has 2 aliphatic rings. The van der Waals surface area contributed by atoms with Crippen molar-refractivity contribution in [3.63, 3.8) is 0 Å². The van der Waals surface area contributed by atoms with E-state index >= 15 is 0 Å². The lowest BCUT2D eigenvalue weighted by molar-refractivity contribution is 0.00578. The second kappa shape index (κ2) is 6.15. The van der Waals surface area contributed by atoms with Gasteiger partial charge in [0.05, 0.1) is 19.3 Å². The highest BCUT2D eigenvalue weighted by atomic mass is 28.3. The lowest BCUT2D eigenvalue weighted by Crippen LogP contribution is -2.47. The Morgan fingerprint density at radius 3 is 2.08 bits per heavy atom. The van der Waals surface area contributed by atoms with E-state index in [9.17, 15) is 0 Å². The van der Waals surface area contributed by atoms with Crippen molar-refractivity contribution in [3.8, 4) is 0 Å². The first-order valence-electron chi connectivity index (χ1n) is 9.10. The van der Waals surface area contributed by atoms with Crippen LogP contribution in [0.2, 0.25) is 18.6 Å². The van der Waals surface area contributed by atoms with E-state index < -0.39 is 8.07 Å². The molecule has 0 N–H and O–H groups in total. The van der Waals surface area contributed by atoms with Gasteiger partial charge in [0.1, 0.15) is 0 Å². The predicted molar refractivity (Wildman–Crippen MR) is 108 cm³/mol. The number of benzene rings is 1. The van der Waals surface area contributed by atoms with Crippen molar-refractivity contribution in [2.75, 3.05) is 0 Å². The molecular formula is C20H30BNO2Si. The summed E-state index contributed by atoms with van der Waals surface area (Å²) in [6.45, 7) is 15.5. The summed E-state index contributed by atoms with van der Waals surface area (Å²) in [7, 11) is -1.99. The van der Waals surface area contributed by atoms with Gasteiger partial charge in [-0.25, -0.2) is 0 Å². The molecule has 0 spiro atoms. The zero-order valence-corrected chi connectivity index (χ0v) is 17.5. The summed E-state index contributed by atoms with van der Waals surface area (Å²) in [6, 6.07) is 10.9. The monoisotopic (exact) mass is 355 g/mol. The van der Waals surface area contributed by atoms with Crippen LogP contribution in [-0.4, -0.2) is 31.3 Å². The van der Waals surface area contributed by atoms with Gasteiger partial charge in [0.25, 0.3) is 0 Å². The van der Waals surface area contributed by atoms with Gasteiger partial charge < -0.3 is 14.1 Å². The fraction of sp³-hybridized carbons (Fsp3) is 0.500. The van der Waals surface area contributed by atoms with E-state index in [2.05, 4.69) is 101 Å². The molecule has 0 aliphatic carbocycles. The Hall–Kier alpha value is -1.30. The summed E-state index contributed by atoms with van der Waals surface area (Å²) in [5, 5.41) is 1.49. The normalized spacial score (nSPS) is 25.2. The van der Waals surface area contributed by atoms with Crippen LogP contribution in [0.3, 0.4) is 0 Å². The van der Waals surface area contributed by atoms with E-state index in [0.717, 1.165) is 0 Å². The largest absolute Gasteiger partial charge is 0.598 e. The third-order valence-electron chi connectivity index (χ3n) is 6.07. The summed E-state index contributed by atoms with van der Waals surface area (Å²) in [4.78, 5) is 2.07. The van der Waals surface area contributed by atoms with Gasteiger partial charge in [-0.1, -0.05) is 60.3 Å². The summed E-state index contributed by atoms with van der Waals surface area (Å²) >= 11 is 0.